The fourth-order valence-corrected chi connectivity index (χ4v) is 2.47. The smallest absolute Gasteiger partial charge is 0.416 e. The van der Waals surface area contributed by atoms with E-state index in [2.05, 4.69) is 10.1 Å². The highest BCUT2D eigenvalue weighted by Gasteiger charge is 2.31. The molecule has 0 bridgehead atoms. The van der Waals surface area contributed by atoms with Crippen molar-refractivity contribution < 1.29 is 23.1 Å². The van der Waals surface area contributed by atoms with Gasteiger partial charge in [0, 0.05) is 12.0 Å². The Bertz CT molecular complexity index is 724. The minimum atomic E-state index is -4.43. The number of carboxylic acids is 1. The minimum Gasteiger partial charge on any atom is -0.481 e. The quantitative estimate of drug-likeness (QED) is 0.925. The van der Waals surface area contributed by atoms with Crippen LogP contribution in [0.4, 0.5) is 13.2 Å². The van der Waals surface area contributed by atoms with Crippen LogP contribution in [0.1, 0.15) is 17.8 Å². The van der Waals surface area contributed by atoms with Gasteiger partial charge in [-0.2, -0.15) is 18.3 Å². The van der Waals surface area contributed by atoms with Gasteiger partial charge in [0.15, 0.2) is 5.82 Å². The molecule has 0 amide bonds. The summed E-state index contributed by atoms with van der Waals surface area (Å²) in [6.07, 6.45) is -3.53. The van der Waals surface area contributed by atoms with E-state index in [1.54, 1.807) is 0 Å². The van der Waals surface area contributed by atoms with Gasteiger partial charge in [-0.3, -0.25) is 4.79 Å². The highest BCUT2D eigenvalue weighted by Crippen LogP contribution is 2.31. The summed E-state index contributed by atoms with van der Waals surface area (Å²) in [6, 6.07) is 4.79. The van der Waals surface area contributed by atoms with Gasteiger partial charge in [-0.05, 0) is 18.6 Å². The van der Waals surface area contributed by atoms with Gasteiger partial charge in [0.25, 0.3) is 0 Å². The van der Waals surface area contributed by atoms with E-state index in [1.165, 1.54) is 16.8 Å². The number of benzene rings is 1. The molecule has 1 N–H and O–H groups in total. The van der Waals surface area contributed by atoms with Crippen LogP contribution < -0.4 is 0 Å². The van der Waals surface area contributed by atoms with Crippen molar-refractivity contribution in [1.29, 1.82) is 0 Å². The van der Waals surface area contributed by atoms with E-state index in [0.717, 1.165) is 12.1 Å². The van der Waals surface area contributed by atoms with E-state index in [9.17, 15) is 18.0 Å². The third kappa shape index (κ3) is 2.68. The third-order valence-electron chi connectivity index (χ3n) is 3.66. The van der Waals surface area contributed by atoms with Crippen LogP contribution in [-0.2, 0) is 23.9 Å². The molecular formula is C14H12F3N3O2. The molecule has 22 heavy (non-hydrogen) atoms. The number of carbonyl (C=O) groups is 1. The van der Waals surface area contributed by atoms with Gasteiger partial charge in [0.1, 0.15) is 5.82 Å². The van der Waals surface area contributed by atoms with E-state index in [1.807, 2.05) is 0 Å². The van der Waals surface area contributed by atoms with E-state index < -0.39 is 23.6 Å². The lowest BCUT2D eigenvalue weighted by atomic mass is 10.0. The Morgan fingerprint density at radius 2 is 2.14 bits per heavy atom. The molecule has 1 aromatic carbocycles. The maximum absolute atomic E-state index is 12.7. The van der Waals surface area contributed by atoms with Crippen molar-refractivity contribution >= 4 is 5.97 Å². The normalized spacial score (nSPS) is 18.0. The summed E-state index contributed by atoms with van der Waals surface area (Å²) in [5.41, 5.74) is -0.496. The van der Waals surface area contributed by atoms with E-state index in [-0.39, 0.29) is 17.9 Å². The molecule has 1 aliphatic rings. The largest absolute Gasteiger partial charge is 0.481 e. The lowest BCUT2D eigenvalue weighted by Crippen LogP contribution is -2.27. The third-order valence-corrected chi connectivity index (χ3v) is 3.66. The number of rotatable bonds is 2. The van der Waals surface area contributed by atoms with Gasteiger partial charge in [-0.15, -0.1) is 0 Å². The van der Waals surface area contributed by atoms with Gasteiger partial charge < -0.3 is 5.11 Å². The summed E-state index contributed by atoms with van der Waals surface area (Å²) in [6.45, 7) is 0.191. The highest BCUT2D eigenvalue weighted by atomic mass is 19.4. The molecule has 0 saturated heterocycles. The molecule has 0 radical (unpaired) electrons. The molecule has 0 aliphatic carbocycles. The van der Waals surface area contributed by atoms with Gasteiger partial charge in [0.2, 0.25) is 0 Å². The predicted molar refractivity (Wildman–Crippen MR) is 69.9 cm³/mol. The SMILES string of the molecule is O=C(O)C1CCc2nc(-c3cccc(C(F)(F)F)c3)nn2C1. The number of halogens is 3. The Hall–Kier alpha value is -2.38. The summed E-state index contributed by atoms with van der Waals surface area (Å²) in [4.78, 5) is 15.2. The lowest BCUT2D eigenvalue weighted by Gasteiger charge is -2.18. The predicted octanol–water partition coefficient (Wildman–Crippen LogP) is 2.61. The Morgan fingerprint density at radius 3 is 2.82 bits per heavy atom. The van der Waals surface area contributed by atoms with Crippen molar-refractivity contribution in [2.24, 2.45) is 5.92 Å². The van der Waals surface area contributed by atoms with Crippen molar-refractivity contribution in [2.45, 2.75) is 25.6 Å². The number of nitrogens with zero attached hydrogens (tertiary/aromatic N) is 3. The Morgan fingerprint density at radius 1 is 1.36 bits per heavy atom. The van der Waals surface area contributed by atoms with Crippen LogP contribution >= 0.6 is 0 Å². The molecule has 1 aromatic heterocycles. The fourth-order valence-electron chi connectivity index (χ4n) is 2.47. The number of fused-ring (bicyclic) bond motifs is 1. The molecule has 116 valence electrons. The average molecular weight is 311 g/mol. The molecule has 8 heteroatoms. The van der Waals surface area contributed by atoms with Crippen LogP contribution in [0.2, 0.25) is 0 Å². The zero-order valence-corrected chi connectivity index (χ0v) is 11.3. The number of aryl methyl sites for hydroxylation is 1. The number of hydrogen-bond acceptors (Lipinski definition) is 3. The van der Waals surface area contributed by atoms with Crippen molar-refractivity contribution in [3.05, 3.63) is 35.7 Å². The molecule has 2 heterocycles. The Labute approximate surface area is 123 Å². The second kappa shape index (κ2) is 5.11. The van der Waals surface area contributed by atoms with E-state index in [0.29, 0.717) is 18.7 Å². The highest BCUT2D eigenvalue weighted by molar-refractivity contribution is 5.70. The van der Waals surface area contributed by atoms with Crippen molar-refractivity contribution in [1.82, 2.24) is 14.8 Å². The molecule has 0 spiro atoms. The van der Waals surface area contributed by atoms with Crippen molar-refractivity contribution in [3.63, 3.8) is 0 Å². The monoisotopic (exact) mass is 311 g/mol. The van der Waals surface area contributed by atoms with Crippen LogP contribution in [0.25, 0.3) is 11.4 Å². The van der Waals surface area contributed by atoms with E-state index in [4.69, 9.17) is 5.11 Å². The van der Waals surface area contributed by atoms with Crippen molar-refractivity contribution in [2.75, 3.05) is 0 Å². The molecule has 0 fully saturated rings. The van der Waals surface area contributed by atoms with Crippen LogP contribution in [0, 0.1) is 5.92 Å². The Kier molecular flexibility index (Phi) is 3.38. The van der Waals surface area contributed by atoms with E-state index >= 15 is 0 Å². The number of alkyl halides is 3. The number of carboxylic acid groups (broad SMARTS) is 1. The first-order chi connectivity index (χ1) is 10.3. The minimum absolute atomic E-state index is 0.187. The first-order valence-corrected chi connectivity index (χ1v) is 6.69. The second-order valence-corrected chi connectivity index (χ2v) is 5.19. The average Bonchev–Trinajstić information content (AvgIpc) is 2.89. The van der Waals surface area contributed by atoms with Gasteiger partial charge in [0.05, 0.1) is 18.0 Å². The molecule has 1 aliphatic heterocycles. The fraction of sp³-hybridized carbons (Fsp3) is 0.357. The number of aromatic nitrogens is 3. The standard InChI is InChI=1S/C14H12F3N3O2/c15-14(16,17)10-3-1-2-8(6-10)12-18-11-5-4-9(13(21)22)7-20(11)19-12/h1-3,6,9H,4-5,7H2,(H,21,22). The zero-order valence-electron chi connectivity index (χ0n) is 11.3. The Balaban J connectivity index is 1.93. The molecule has 1 unspecified atom stereocenters. The summed E-state index contributed by atoms with van der Waals surface area (Å²) < 4.78 is 39.7. The number of hydrogen-bond donors (Lipinski definition) is 1. The molecule has 1 atom stereocenters. The first kappa shape index (κ1) is 14.6. The van der Waals surface area contributed by atoms with Crippen LogP contribution in [0.5, 0.6) is 0 Å². The van der Waals surface area contributed by atoms with Crippen LogP contribution in [0.15, 0.2) is 24.3 Å². The second-order valence-electron chi connectivity index (χ2n) is 5.19. The zero-order chi connectivity index (χ0) is 15.9. The molecular weight excluding hydrogens is 299 g/mol. The van der Waals surface area contributed by atoms with Crippen LogP contribution in [-0.4, -0.2) is 25.8 Å². The topological polar surface area (TPSA) is 68.0 Å². The maximum atomic E-state index is 12.7. The van der Waals surface area contributed by atoms with Gasteiger partial charge in [-0.1, -0.05) is 12.1 Å². The lowest BCUT2D eigenvalue weighted by molar-refractivity contribution is -0.143. The van der Waals surface area contributed by atoms with Gasteiger partial charge >= 0.3 is 12.1 Å². The maximum Gasteiger partial charge on any atom is 0.416 e. The molecule has 5 nitrogen and oxygen atoms in total. The summed E-state index contributed by atoms with van der Waals surface area (Å²) in [5.74, 6) is -0.651. The molecule has 3 rings (SSSR count). The van der Waals surface area contributed by atoms with Gasteiger partial charge in [-0.25, -0.2) is 9.67 Å². The summed E-state index contributed by atoms with van der Waals surface area (Å²) in [7, 11) is 0. The molecule has 0 saturated carbocycles. The van der Waals surface area contributed by atoms with Crippen molar-refractivity contribution in [3.8, 4) is 11.4 Å². The summed E-state index contributed by atoms with van der Waals surface area (Å²) >= 11 is 0. The first-order valence-electron chi connectivity index (χ1n) is 6.69. The summed E-state index contributed by atoms with van der Waals surface area (Å²) in [5, 5.41) is 13.2. The molecule has 2 aromatic rings. The number of aliphatic carboxylic acids is 1. The van der Waals surface area contributed by atoms with Crippen LogP contribution in [0.3, 0.4) is 0 Å².